The van der Waals surface area contributed by atoms with Crippen molar-refractivity contribution in [2.75, 3.05) is 7.11 Å². The average molecular weight is 333 g/mol. The zero-order valence-corrected chi connectivity index (χ0v) is 13.4. The number of methoxy groups -OCH3 is 1. The summed E-state index contributed by atoms with van der Waals surface area (Å²) in [5, 5.41) is 10.9. The number of amides is 1. The second-order valence-electron chi connectivity index (χ2n) is 5.62. The van der Waals surface area contributed by atoms with Crippen LogP contribution in [0.2, 0.25) is 0 Å². The van der Waals surface area contributed by atoms with E-state index in [0.717, 1.165) is 21.9 Å². The molecule has 6 heteroatoms. The third-order valence-electron chi connectivity index (χ3n) is 4.19. The molecule has 3 N–H and O–H groups in total. The topological polar surface area (TPSA) is 87.2 Å². The van der Waals surface area contributed by atoms with Crippen LogP contribution >= 0.6 is 0 Å². The Morgan fingerprint density at radius 1 is 1.16 bits per heavy atom. The molecule has 0 bridgehead atoms. The zero-order valence-electron chi connectivity index (χ0n) is 13.4. The summed E-state index contributed by atoms with van der Waals surface area (Å²) in [4.78, 5) is 19.5. The molecule has 0 fully saturated rings. The van der Waals surface area contributed by atoms with Crippen molar-refractivity contribution in [1.82, 2.24) is 15.4 Å². The second kappa shape index (κ2) is 5.92. The molecule has 1 amide bonds. The van der Waals surface area contributed by atoms with Crippen LogP contribution < -0.4 is 10.2 Å². The Bertz CT molecular complexity index is 1100. The van der Waals surface area contributed by atoms with Crippen LogP contribution in [0.4, 0.5) is 0 Å². The van der Waals surface area contributed by atoms with Crippen LogP contribution in [0.1, 0.15) is 10.4 Å². The molecule has 4 aromatic rings. The second-order valence-corrected chi connectivity index (χ2v) is 5.62. The van der Waals surface area contributed by atoms with Gasteiger partial charge in [-0.1, -0.05) is 30.3 Å². The number of nitrogens with one attached hydrogen (secondary N) is 2. The first kappa shape index (κ1) is 15.2. The quantitative estimate of drug-likeness (QED) is 0.395. The molecule has 1 aromatic heterocycles. The number of hydroxylamine groups is 1. The normalized spacial score (nSPS) is 11.0. The maximum atomic E-state index is 11.6. The average Bonchev–Trinajstić information content (AvgIpc) is 3.09. The lowest BCUT2D eigenvalue weighted by molar-refractivity contribution is 0.0706. The van der Waals surface area contributed by atoms with Crippen molar-refractivity contribution in [3.05, 3.63) is 60.2 Å². The number of imidazole rings is 1. The molecule has 124 valence electrons. The molecule has 0 aliphatic rings. The van der Waals surface area contributed by atoms with E-state index in [1.165, 1.54) is 0 Å². The van der Waals surface area contributed by atoms with Gasteiger partial charge in [0.1, 0.15) is 11.6 Å². The summed E-state index contributed by atoms with van der Waals surface area (Å²) in [6.07, 6.45) is 0. The van der Waals surface area contributed by atoms with E-state index in [2.05, 4.69) is 9.97 Å². The van der Waals surface area contributed by atoms with Gasteiger partial charge in [-0.3, -0.25) is 10.0 Å². The van der Waals surface area contributed by atoms with Crippen molar-refractivity contribution in [3.8, 4) is 17.1 Å². The van der Waals surface area contributed by atoms with E-state index in [0.29, 0.717) is 22.7 Å². The number of aromatic nitrogens is 2. The number of aromatic amines is 1. The van der Waals surface area contributed by atoms with Crippen LogP contribution in [-0.2, 0) is 0 Å². The first-order valence-electron chi connectivity index (χ1n) is 7.71. The van der Waals surface area contributed by atoms with Gasteiger partial charge in [-0.05, 0) is 35.0 Å². The SMILES string of the molecule is COc1ccc2ccccc2c1-c1nc2ccc(C(=O)NO)cc2[nH]1. The smallest absolute Gasteiger partial charge is 0.274 e. The monoisotopic (exact) mass is 333 g/mol. The molecule has 0 unspecified atom stereocenters. The van der Waals surface area contributed by atoms with E-state index in [1.807, 2.05) is 36.4 Å². The van der Waals surface area contributed by atoms with Crippen LogP contribution in [0.5, 0.6) is 5.75 Å². The number of carbonyl (C=O) groups is 1. The summed E-state index contributed by atoms with van der Waals surface area (Å²) in [7, 11) is 1.62. The lowest BCUT2D eigenvalue weighted by Gasteiger charge is -2.09. The van der Waals surface area contributed by atoms with E-state index >= 15 is 0 Å². The van der Waals surface area contributed by atoms with Gasteiger partial charge < -0.3 is 9.72 Å². The molecule has 1 heterocycles. The maximum Gasteiger partial charge on any atom is 0.274 e. The molecule has 0 aliphatic heterocycles. The Balaban J connectivity index is 1.95. The van der Waals surface area contributed by atoms with Gasteiger partial charge in [0.25, 0.3) is 5.91 Å². The summed E-state index contributed by atoms with van der Waals surface area (Å²) >= 11 is 0. The van der Waals surface area contributed by atoms with Gasteiger partial charge in [-0.2, -0.15) is 0 Å². The van der Waals surface area contributed by atoms with Gasteiger partial charge in [0.15, 0.2) is 0 Å². The number of benzene rings is 3. The van der Waals surface area contributed by atoms with Gasteiger partial charge in [-0.15, -0.1) is 0 Å². The number of hydrogen-bond acceptors (Lipinski definition) is 4. The Labute approximate surface area is 143 Å². The molecule has 25 heavy (non-hydrogen) atoms. The van der Waals surface area contributed by atoms with E-state index in [-0.39, 0.29) is 0 Å². The van der Waals surface area contributed by atoms with Gasteiger partial charge in [-0.25, -0.2) is 10.5 Å². The van der Waals surface area contributed by atoms with Crippen LogP contribution in [0.15, 0.2) is 54.6 Å². The predicted octanol–water partition coefficient (Wildman–Crippen LogP) is 3.51. The van der Waals surface area contributed by atoms with E-state index in [1.54, 1.807) is 30.8 Å². The molecular formula is C19H15N3O3. The van der Waals surface area contributed by atoms with E-state index < -0.39 is 5.91 Å². The van der Waals surface area contributed by atoms with Crippen LogP contribution in [0, 0.1) is 0 Å². The first-order chi connectivity index (χ1) is 12.2. The number of H-pyrrole nitrogens is 1. The van der Waals surface area contributed by atoms with Gasteiger partial charge in [0.05, 0.1) is 23.7 Å². The van der Waals surface area contributed by atoms with Crippen molar-refractivity contribution in [3.63, 3.8) is 0 Å². The molecule has 3 aromatic carbocycles. The number of nitrogens with zero attached hydrogens (tertiary/aromatic N) is 1. The van der Waals surface area contributed by atoms with Crippen molar-refractivity contribution in [2.45, 2.75) is 0 Å². The zero-order chi connectivity index (χ0) is 17.4. The number of rotatable bonds is 3. The fourth-order valence-electron chi connectivity index (χ4n) is 3.00. The summed E-state index contributed by atoms with van der Waals surface area (Å²) in [5.41, 5.74) is 4.26. The van der Waals surface area contributed by atoms with E-state index in [4.69, 9.17) is 9.94 Å². The lowest BCUT2D eigenvalue weighted by Crippen LogP contribution is -2.18. The minimum absolute atomic E-state index is 0.343. The predicted molar refractivity (Wildman–Crippen MR) is 94.8 cm³/mol. The number of carbonyl (C=O) groups excluding carboxylic acids is 1. The molecule has 6 nitrogen and oxygen atoms in total. The van der Waals surface area contributed by atoms with Gasteiger partial charge in [0, 0.05) is 5.56 Å². The van der Waals surface area contributed by atoms with Crippen LogP contribution in [-0.4, -0.2) is 28.2 Å². The fraction of sp³-hybridized carbons (Fsp3) is 0.0526. The number of hydrogen-bond donors (Lipinski definition) is 3. The minimum atomic E-state index is -0.569. The highest BCUT2D eigenvalue weighted by Crippen LogP contribution is 2.36. The first-order valence-corrected chi connectivity index (χ1v) is 7.71. The summed E-state index contributed by atoms with van der Waals surface area (Å²) in [5.74, 6) is 0.803. The van der Waals surface area contributed by atoms with Gasteiger partial charge in [0.2, 0.25) is 0 Å². The van der Waals surface area contributed by atoms with Gasteiger partial charge >= 0.3 is 0 Å². The Hall–Kier alpha value is -3.38. The molecule has 0 saturated heterocycles. The Morgan fingerprint density at radius 3 is 2.80 bits per heavy atom. The molecular weight excluding hydrogens is 318 g/mol. The molecule has 0 aliphatic carbocycles. The van der Waals surface area contributed by atoms with E-state index in [9.17, 15) is 4.79 Å². The molecule has 0 spiro atoms. The molecule has 0 atom stereocenters. The highest BCUT2D eigenvalue weighted by molar-refractivity contribution is 6.00. The third kappa shape index (κ3) is 2.49. The van der Waals surface area contributed by atoms with Crippen molar-refractivity contribution in [2.24, 2.45) is 0 Å². The fourth-order valence-corrected chi connectivity index (χ4v) is 3.00. The lowest BCUT2D eigenvalue weighted by atomic mass is 10.0. The third-order valence-corrected chi connectivity index (χ3v) is 4.19. The van der Waals surface area contributed by atoms with Crippen molar-refractivity contribution in [1.29, 1.82) is 0 Å². The summed E-state index contributed by atoms with van der Waals surface area (Å²) in [6, 6.07) is 16.9. The standard InChI is InChI=1S/C19H15N3O3/c1-25-16-9-7-11-4-2-3-5-13(11)17(16)18-20-14-8-6-12(19(23)22-24)10-15(14)21-18/h2-10,24H,1H3,(H,20,21)(H,22,23). The highest BCUT2D eigenvalue weighted by atomic mass is 16.5. The highest BCUT2D eigenvalue weighted by Gasteiger charge is 2.15. The molecule has 0 saturated carbocycles. The maximum absolute atomic E-state index is 11.6. The molecule has 4 rings (SSSR count). The Morgan fingerprint density at radius 2 is 2.00 bits per heavy atom. The number of ether oxygens (including phenoxy) is 1. The Kier molecular flexibility index (Phi) is 3.59. The van der Waals surface area contributed by atoms with Crippen LogP contribution in [0.25, 0.3) is 33.2 Å². The summed E-state index contributed by atoms with van der Waals surface area (Å²) < 4.78 is 5.53. The largest absolute Gasteiger partial charge is 0.496 e. The van der Waals surface area contributed by atoms with Crippen LogP contribution in [0.3, 0.4) is 0 Å². The van der Waals surface area contributed by atoms with Crippen molar-refractivity contribution < 1.29 is 14.7 Å². The van der Waals surface area contributed by atoms with Crippen molar-refractivity contribution >= 4 is 27.7 Å². The summed E-state index contributed by atoms with van der Waals surface area (Å²) in [6.45, 7) is 0. The molecule has 0 radical (unpaired) electrons. The number of fused-ring (bicyclic) bond motifs is 2. The minimum Gasteiger partial charge on any atom is -0.496 e.